The molecule has 1 aliphatic heterocycles. The smallest absolute Gasteiger partial charge is 0.250 e. The quantitative estimate of drug-likeness (QED) is 0.368. The topological polar surface area (TPSA) is 105 Å². The molecule has 4 aromatic rings. The Balaban J connectivity index is 1.41. The highest BCUT2D eigenvalue weighted by Gasteiger charge is 2.20. The number of halogens is 1. The second kappa shape index (κ2) is 10.4. The molecule has 0 saturated carbocycles. The van der Waals surface area contributed by atoms with Gasteiger partial charge in [0.15, 0.2) is 5.82 Å². The van der Waals surface area contributed by atoms with Gasteiger partial charge in [-0.15, -0.1) is 0 Å². The molecule has 0 unspecified atom stereocenters. The number of carbonyl (C=O) groups excluding carboxylic acids is 1. The maximum atomic E-state index is 13.6. The van der Waals surface area contributed by atoms with Gasteiger partial charge in [0.1, 0.15) is 17.3 Å². The molecule has 3 aromatic heterocycles. The summed E-state index contributed by atoms with van der Waals surface area (Å²) in [6.45, 7) is 6.27. The minimum Gasteiger partial charge on any atom is -0.370 e. The van der Waals surface area contributed by atoms with Gasteiger partial charge in [-0.05, 0) is 62.5 Å². The first-order valence-corrected chi connectivity index (χ1v) is 12.0. The number of piperazine rings is 1. The lowest BCUT2D eigenvalue weighted by Crippen LogP contribution is -2.44. The summed E-state index contributed by atoms with van der Waals surface area (Å²) >= 11 is 0. The molecule has 10 heteroatoms. The zero-order valence-corrected chi connectivity index (χ0v) is 20.2. The van der Waals surface area contributed by atoms with Crippen molar-refractivity contribution < 1.29 is 9.18 Å². The Kier molecular flexibility index (Phi) is 6.88. The molecule has 4 heterocycles. The Hall–Kier alpha value is -3.89. The van der Waals surface area contributed by atoms with E-state index in [9.17, 15) is 9.18 Å². The molecule has 1 aromatic carbocycles. The van der Waals surface area contributed by atoms with Crippen LogP contribution in [0.4, 0.5) is 10.2 Å². The van der Waals surface area contributed by atoms with Crippen LogP contribution in [0.3, 0.4) is 0 Å². The summed E-state index contributed by atoms with van der Waals surface area (Å²) in [6, 6.07) is 11.4. The maximum Gasteiger partial charge on any atom is 0.250 e. The zero-order chi connectivity index (χ0) is 25.1. The standard InChI is InChI=1S/C26H29FN8O/c1-33-13-15-34(16-14-33)12-2-10-29-22-9-11-30-26(31-22)23-21-8-5-19(25(28)36)17-35(21)32-24(23)18-3-6-20(27)7-4-18/h3-9,11,17H,2,10,12-16H2,1H3,(H2,28,36)(H,29,30,31). The third-order valence-corrected chi connectivity index (χ3v) is 6.46. The van der Waals surface area contributed by atoms with Crippen LogP contribution >= 0.6 is 0 Å². The normalized spacial score (nSPS) is 14.8. The number of benzene rings is 1. The number of nitrogens with one attached hydrogen (secondary N) is 1. The number of likely N-dealkylation sites (N-methyl/N-ethyl adjacent to an activating group) is 1. The summed E-state index contributed by atoms with van der Waals surface area (Å²) in [5.74, 6) is 0.326. The molecule has 36 heavy (non-hydrogen) atoms. The highest BCUT2D eigenvalue weighted by molar-refractivity contribution is 5.95. The molecule has 3 N–H and O–H groups in total. The highest BCUT2D eigenvalue weighted by Crippen LogP contribution is 2.34. The van der Waals surface area contributed by atoms with E-state index < -0.39 is 5.91 Å². The SMILES string of the molecule is CN1CCN(CCCNc2ccnc(-c3c(-c4ccc(F)cc4)nn4cc(C(N)=O)ccc34)n2)CC1. The van der Waals surface area contributed by atoms with Gasteiger partial charge in [0.2, 0.25) is 5.91 Å². The molecule has 0 spiro atoms. The van der Waals surface area contributed by atoms with Crippen molar-refractivity contribution >= 4 is 17.2 Å². The van der Waals surface area contributed by atoms with Gasteiger partial charge in [-0.25, -0.2) is 18.9 Å². The number of rotatable bonds is 8. The van der Waals surface area contributed by atoms with E-state index in [2.05, 4.69) is 32.2 Å². The Morgan fingerprint density at radius 1 is 1.08 bits per heavy atom. The van der Waals surface area contributed by atoms with Crippen LogP contribution in [0.5, 0.6) is 0 Å². The van der Waals surface area contributed by atoms with E-state index >= 15 is 0 Å². The van der Waals surface area contributed by atoms with Crippen LogP contribution in [-0.4, -0.2) is 81.6 Å². The van der Waals surface area contributed by atoms with Crippen LogP contribution in [0.2, 0.25) is 0 Å². The van der Waals surface area contributed by atoms with Crippen LogP contribution in [0.15, 0.2) is 54.9 Å². The Labute approximate surface area is 208 Å². The van der Waals surface area contributed by atoms with Gasteiger partial charge in [0.25, 0.3) is 0 Å². The minimum absolute atomic E-state index is 0.332. The number of primary amides is 1. The predicted molar refractivity (Wildman–Crippen MR) is 137 cm³/mol. The third-order valence-electron chi connectivity index (χ3n) is 6.46. The number of amides is 1. The Morgan fingerprint density at radius 3 is 2.61 bits per heavy atom. The number of pyridine rings is 1. The van der Waals surface area contributed by atoms with Gasteiger partial charge in [0, 0.05) is 50.7 Å². The molecule has 9 nitrogen and oxygen atoms in total. The molecular weight excluding hydrogens is 459 g/mol. The summed E-state index contributed by atoms with van der Waals surface area (Å²) < 4.78 is 15.2. The number of nitrogens with zero attached hydrogens (tertiary/aromatic N) is 6. The van der Waals surface area contributed by atoms with Crippen molar-refractivity contribution in [2.24, 2.45) is 5.73 Å². The van der Waals surface area contributed by atoms with Crippen LogP contribution in [-0.2, 0) is 0 Å². The van der Waals surface area contributed by atoms with Crippen molar-refractivity contribution in [2.75, 3.05) is 51.6 Å². The molecule has 1 aliphatic rings. The lowest BCUT2D eigenvalue weighted by Gasteiger charge is -2.32. The number of carbonyl (C=O) groups is 1. The van der Waals surface area contributed by atoms with E-state index in [-0.39, 0.29) is 5.82 Å². The zero-order valence-electron chi connectivity index (χ0n) is 20.2. The molecule has 186 valence electrons. The van der Waals surface area contributed by atoms with E-state index in [0.717, 1.165) is 51.5 Å². The minimum atomic E-state index is -0.545. The van der Waals surface area contributed by atoms with E-state index in [1.165, 1.54) is 12.1 Å². The van der Waals surface area contributed by atoms with Crippen LogP contribution in [0, 0.1) is 5.82 Å². The van der Waals surface area contributed by atoms with Gasteiger partial charge in [0.05, 0.1) is 16.6 Å². The van der Waals surface area contributed by atoms with Crippen molar-refractivity contribution in [3.63, 3.8) is 0 Å². The molecule has 0 aliphatic carbocycles. The third kappa shape index (κ3) is 5.19. The number of nitrogens with two attached hydrogens (primary N) is 1. The van der Waals surface area contributed by atoms with Crippen molar-refractivity contribution in [3.05, 3.63) is 66.2 Å². The molecular formula is C26H29FN8O. The average molecular weight is 489 g/mol. The van der Waals surface area contributed by atoms with E-state index in [1.54, 1.807) is 41.2 Å². The fraction of sp³-hybridized carbons (Fsp3) is 0.308. The van der Waals surface area contributed by atoms with Crippen molar-refractivity contribution in [3.8, 4) is 22.6 Å². The summed E-state index contributed by atoms with van der Waals surface area (Å²) in [4.78, 5) is 25.8. The van der Waals surface area contributed by atoms with Crippen molar-refractivity contribution in [1.29, 1.82) is 0 Å². The first-order valence-electron chi connectivity index (χ1n) is 12.0. The molecule has 1 saturated heterocycles. The predicted octanol–water partition coefficient (Wildman–Crippen LogP) is 2.75. The van der Waals surface area contributed by atoms with Gasteiger partial charge >= 0.3 is 0 Å². The fourth-order valence-corrected chi connectivity index (χ4v) is 4.39. The lowest BCUT2D eigenvalue weighted by atomic mass is 10.1. The number of hydrogen-bond acceptors (Lipinski definition) is 7. The Bertz CT molecular complexity index is 1360. The highest BCUT2D eigenvalue weighted by atomic mass is 19.1. The van der Waals surface area contributed by atoms with Crippen molar-refractivity contribution in [2.45, 2.75) is 6.42 Å². The molecule has 0 atom stereocenters. The second-order valence-corrected chi connectivity index (χ2v) is 9.03. The monoisotopic (exact) mass is 488 g/mol. The average Bonchev–Trinajstić information content (AvgIpc) is 3.27. The summed E-state index contributed by atoms with van der Waals surface area (Å²) in [5.41, 5.74) is 8.50. The molecule has 5 rings (SSSR count). The van der Waals surface area contributed by atoms with Gasteiger partial charge in [-0.3, -0.25) is 4.79 Å². The maximum absolute atomic E-state index is 13.6. The number of fused-ring (bicyclic) bond motifs is 1. The van der Waals surface area contributed by atoms with Crippen molar-refractivity contribution in [1.82, 2.24) is 29.4 Å². The van der Waals surface area contributed by atoms with Crippen LogP contribution in [0.1, 0.15) is 16.8 Å². The van der Waals surface area contributed by atoms with Gasteiger partial charge in [-0.1, -0.05) is 0 Å². The molecule has 0 radical (unpaired) electrons. The second-order valence-electron chi connectivity index (χ2n) is 9.03. The lowest BCUT2D eigenvalue weighted by molar-refractivity contribution is 0.0999. The van der Waals surface area contributed by atoms with E-state index in [0.29, 0.717) is 33.7 Å². The number of hydrogen-bond donors (Lipinski definition) is 2. The number of aromatic nitrogens is 4. The Morgan fingerprint density at radius 2 is 1.86 bits per heavy atom. The summed E-state index contributed by atoms with van der Waals surface area (Å²) in [6.07, 6.45) is 4.30. The van der Waals surface area contributed by atoms with Crippen LogP contribution in [0.25, 0.3) is 28.2 Å². The number of anilines is 1. The first kappa shape index (κ1) is 23.8. The van der Waals surface area contributed by atoms with Gasteiger partial charge < -0.3 is 20.9 Å². The van der Waals surface area contributed by atoms with Gasteiger partial charge in [-0.2, -0.15) is 5.10 Å². The molecule has 0 bridgehead atoms. The largest absolute Gasteiger partial charge is 0.370 e. The molecule has 1 amide bonds. The molecule has 1 fully saturated rings. The first-order chi connectivity index (χ1) is 17.5. The van der Waals surface area contributed by atoms with E-state index in [4.69, 9.17) is 10.7 Å². The fourth-order valence-electron chi connectivity index (χ4n) is 4.39. The summed E-state index contributed by atoms with van der Waals surface area (Å²) in [5, 5.41) is 8.08. The van der Waals surface area contributed by atoms with Crippen LogP contribution < -0.4 is 11.1 Å². The van der Waals surface area contributed by atoms with E-state index in [1.807, 2.05) is 6.07 Å². The summed E-state index contributed by atoms with van der Waals surface area (Å²) in [7, 11) is 2.16.